The molecule has 1 saturated heterocycles. The maximum atomic E-state index is 13.1. The quantitative estimate of drug-likeness (QED) is 0.563. The lowest BCUT2D eigenvalue weighted by molar-refractivity contribution is -0.0462. The van der Waals surface area contributed by atoms with Gasteiger partial charge in [0.2, 0.25) is 0 Å². The third kappa shape index (κ3) is 5.50. The smallest absolute Gasteiger partial charge is 0.412 e. The molecule has 0 N–H and O–H groups in total. The normalized spacial score (nSPS) is 19.5. The van der Waals surface area contributed by atoms with Gasteiger partial charge in [-0.15, -0.1) is 0 Å². The Morgan fingerprint density at radius 2 is 1.42 bits per heavy atom. The summed E-state index contributed by atoms with van der Waals surface area (Å²) < 4.78 is 18.4. The fourth-order valence-electron chi connectivity index (χ4n) is 4.81. The maximum Gasteiger partial charge on any atom is 0.412 e. The molecule has 0 saturated carbocycles. The Hall–Kier alpha value is -2.15. The average molecular weight is 470 g/mol. The molecule has 2 aromatic rings. The number of nitrogens with zero attached hydrogens (tertiary/aromatic N) is 1. The van der Waals surface area contributed by atoms with Crippen molar-refractivity contribution in [3.05, 3.63) is 60.7 Å². The SMILES string of the molecule is CO[C@H]1CCC(CO[Si](c2ccccc2)(c2ccccc2)C(C)(C)C)N1C(=O)OC(C)(C)C. The molecule has 1 heterocycles. The molecule has 5 nitrogen and oxygen atoms in total. The summed E-state index contributed by atoms with van der Waals surface area (Å²) in [7, 11) is -1.03. The number of methoxy groups -OCH3 is 1. The third-order valence-electron chi connectivity index (χ3n) is 6.24. The molecule has 1 unspecified atom stereocenters. The number of carbonyl (C=O) groups is 1. The van der Waals surface area contributed by atoms with Crippen LogP contribution in [0.5, 0.6) is 0 Å². The van der Waals surface area contributed by atoms with E-state index in [0.29, 0.717) is 6.61 Å². The number of amides is 1. The Morgan fingerprint density at radius 1 is 0.909 bits per heavy atom. The predicted octanol–water partition coefficient (Wildman–Crippen LogP) is 4.94. The number of hydrogen-bond acceptors (Lipinski definition) is 4. The van der Waals surface area contributed by atoms with Crippen LogP contribution in [0.25, 0.3) is 0 Å². The van der Waals surface area contributed by atoms with E-state index < -0.39 is 13.9 Å². The van der Waals surface area contributed by atoms with Crippen LogP contribution in [-0.4, -0.2) is 50.9 Å². The van der Waals surface area contributed by atoms with Crippen molar-refractivity contribution in [1.82, 2.24) is 4.90 Å². The molecule has 180 valence electrons. The van der Waals surface area contributed by atoms with Gasteiger partial charge in [0.15, 0.2) is 0 Å². The van der Waals surface area contributed by atoms with Gasteiger partial charge in [0.25, 0.3) is 8.32 Å². The first-order chi connectivity index (χ1) is 15.5. The van der Waals surface area contributed by atoms with Gasteiger partial charge < -0.3 is 13.9 Å². The Balaban J connectivity index is 1.98. The average Bonchev–Trinajstić information content (AvgIpc) is 3.17. The highest BCUT2D eigenvalue weighted by Crippen LogP contribution is 2.38. The Labute approximate surface area is 200 Å². The van der Waals surface area contributed by atoms with E-state index in [1.807, 2.05) is 32.9 Å². The molecule has 1 aliphatic rings. The van der Waals surface area contributed by atoms with E-state index in [0.717, 1.165) is 12.8 Å². The Bertz CT molecular complexity index is 866. The number of carbonyl (C=O) groups excluding carboxylic acids is 1. The van der Waals surface area contributed by atoms with Gasteiger partial charge in [-0.05, 0) is 49.0 Å². The number of likely N-dealkylation sites (tertiary alicyclic amines) is 1. The van der Waals surface area contributed by atoms with Crippen molar-refractivity contribution in [2.24, 2.45) is 0 Å². The van der Waals surface area contributed by atoms with Crippen LogP contribution in [-0.2, 0) is 13.9 Å². The minimum Gasteiger partial charge on any atom is -0.444 e. The lowest BCUT2D eigenvalue weighted by Gasteiger charge is -2.44. The molecule has 3 rings (SSSR count). The molecule has 0 bridgehead atoms. The molecule has 1 fully saturated rings. The topological polar surface area (TPSA) is 48.0 Å². The molecule has 33 heavy (non-hydrogen) atoms. The zero-order chi connectivity index (χ0) is 24.3. The summed E-state index contributed by atoms with van der Waals surface area (Å²) >= 11 is 0. The van der Waals surface area contributed by atoms with Crippen molar-refractivity contribution in [2.75, 3.05) is 13.7 Å². The first kappa shape index (κ1) is 25.5. The van der Waals surface area contributed by atoms with Crippen molar-refractivity contribution in [1.29, 1.82) is 0 Å². The number of rotatable bonds is 6. The van der Waals surface area contributed by atoms with E-state index >= 15 is 0 Å². The van der Waals surface area contributed by atoms with Crippen LogP contribution in [0.1, 0.15) is 54.4 Å². The lowest BCUT2D eigenvalue weighted by atomic mass is 10.2. The van der Waals surface area contributed by atoms with E-state index in [2.05, 4.69) is 69.3 Å². The highest BCUT2D eigenvalue weighted by atomic mass is 28.4. The van der Waals surface area contributed by atoms with Crippen LogP contribution in [0.15, 0.2) is 60.7 Å². The van der Waals surface area contributed by atoms with E-state index in [1.54, 1.807) is 12.0 Å². The summed E-state index contributed by atoms with van der Waals surface area (Å²) in [6.45, 7) is 12.9. The zero-order valence-corrected chi connectivity index (χ0v) is 22.1. The standard InChI is InChI=1S/C27H39NO4Si/c1-26(2,3)32-25(29)28-21(18-19-24(28)30-7)20-31-33(27(4,5)6,22-14-10-8-11-15-22)23-16-12-9-13-17-23/h8-17,21,24H,18-20H2,1-7H3/t21?,24-/m0/s1. The molecular weight excluding hydrogens is 430 g/mol. The summed E-state index contributed by atoms with van der Waals surface area (Å²) in [6.07, 6.45) is 0.941. The van der Waals surface area contributed by atoms with Gasteiger partial charge in [-0.3, -0.25) is 4.90 Å². The van der Waals surface area contributed by atoms with Crippen LogP contribution in [0.3, 0.4) is 0 Å². The number of hydrogen-bond donors (Lipinski definition) is 0. The fraction of sp³-hybridized carbons (Fsp3) is 0.519. The molecule has 2 atom stereocenters. The van der Waals surface area contributed by atoms with E-state index in [1.165, 1.54) is 10.4 Å². The van der Waals surface area contributed by atoms with Crippen LogP contribution < -0.4 is 10.4 Å². The van der Waals surface area contributed by atoms with Gasteiger partial charge in [-0.25, -0.2) is 4.79 Å². The Morgan fingerprint density at radius 3 is 1.85 bits per heavy atom. The number of benzene rings is 2. The predicted molar refractivity (Wildman–Crippen MR) is 135 cm³/mol. The molecule has 6 heteroatoms. The molecule has 0 aromatic heterocycles. The molecule has 0 aliphatic carbocycles. The van der Waals surface area contributed by atoms with E-state index in [4.69, 9.17) is 13.9 Å². The van der Waals surface area contributed by atoms with Gasteiger partial charge in [0, 0.05) is 7.11 Å². The fourth-order valence-corrected chi connectivity index (χ4v) is 9.41. The summed E-state index contributed by atoms with van der Waals surface area (Å²) in [6, 6.07) is 21.0. The third-order valence-corrected chi connectivity index (χ3v) is 11.2. The van der Waals surface area contributed by atoms with Gasteiger partial charge >= 0.3 is 6.09 Å². The Kier molecular flexibility index (Phi) is 7.71. The summed E-state index contributed by atoms with van der Waals surface area (Å²) in [4.78, 5) is 14.8. The van der Waals surface area contributed by atoms with Gasteiger partial charge in [-0.2, -0.15) is 0 Å². The molecule has 1 aliphatic heterocycles. The molecule has 1 amide bonds. The van der Waals surface area contributed by atoms with Gasteiger partial charge in [0.05, 0.1) is 12.6 Å². The highest BCUT2D eigenvalue weighted by Gasteiger charge is 2.51. The second-order valence-electron chi connectivity index (χ2n) is 10.8. The summed E-state index contributed by atoms with van der Waals surface area (Å²) in [5.74, 6) is 0. The van der Waals surface area contributed by atoms with Crippen LogP contribution in [0, 0.1) is 0 Å². The molecule has 0 radical (unpaired) electrons. The van der Waals surface area contributed by atoms with E-state index in [9.17, 15) is 4.79 Å². The minimum atomic E-state index is -2.68. The molecule has 0 spiro atoms. The first-order valence-electron chi connectivity index (χ1n) is 11.8. The van der Waals surface area contributed by atoms with Crippen molar-refractivity contribution in [3.63, 3.8) is 0 Å². The maximum absolute atomic E-state index is 13.1. The van der Waals surface area contributed by atoms with Crippen molar-refractivity contribution >= 4 is 24.8 Å². The van der Waals surface area contributed by atoms with Crippen LogP contribution >= 0.6 is 0 Å². The molecule has 2 aromatic carbocycles. The van der Waals surface area contributed by atoms with Gasteiger partial charge in [-0.1, -0.05) is 81.4 Å². The van der Waals surface area contributed by atoms with Crippen molar-refractivity contribution in [2.45, 2.75) is 77.3 Å². The molecular formula is C27H39NO4Si. The largest absolute Gasteiger partial charge is 0.444 e. The van der Waals surface area contributed by atoms with Crippen LogP contribution in [0.2, 0.25) is 5.04 Å². The first-order valence-corrected chi connectivity index (χ1v) is 13.7. The highest BCUT2D eigenvalue weighted by molar-refractivity contribution is 6.99. The second-order valence-corrected chi connectivity index (χ2v) is 15.1. The lowest BCUT2D eigenvalue weighted by Crippen LogP contribution is -2.67. The summed E-state index contributed by atoms with van der Waals surface area (Å²) in [5, 5.41) is 2.34. The summed E-state index contributed by atoms with van der Waals surface area (Å²) in [5.41, 5.74) is -0.568. The second kappa shape index (κ2) is 10.00. The van der Waals surface area contributed by atoms with Crippen LogP contribution in [0.4, 0.5) is 4.79 Å². The van der Waals surface area contributed by atoms with Crippen molar-refractivity contribution < 1.29 is 18.7 Å². The van der Waals surface area contributed by atoms with Crippen molar-refractivity contribution in [3.8, 4) is 0 Å². The zero-order valence-electron chi connectivity index (χ0n) is 21.1. The minimum absolute atomic E-state index is 0.105. The van der Waals surface area contributed by atoms with Gasteiger partial charge in [0.1, 0.15) is 11.8 Å². The van der Waals surface area contributed by atoms with E-state index in [-0.39, 0.29) is 23.4 Å². The number of ether oxygens (including phenoxy) is 2. The monoisotopic (exact) mass is 469 g/mol.